The molecular formula is C9H10N4. The van der Waals surface area contributed by atoms with E-state index in [9.17, 15) is 0 Å². The zero-order chi connectivity index (χ0) is 9.26. The van der Waals surface area contributed by atoms with E-state index < -0.39 is 0 Å². The number of nitrogens with zero attached hydrogens (tertiary/aromatic N) is 3. The molecular weight excluding hydrogens is 164 g/mol. The van der Waals surface area contributed by atoms with Gasteiger partial charge in [0.05, 0.1) is 0 Å². The maximum absolute atomic E-state index is 4.21. The van der Waals surface area contributed by atoms with E-state index in [-0.39, 0.29) is 0 Å². The monoisotopic (exact) mass is 174 g/mol. The van der Waals surface area contributed by atoms with Gasteiger partial charge in [-0.25, -0.2) is 9.66 Å². The van der Waals surface area contributed by atoms with Crippen LogP contribution in [0, 0.1) is 0 Å². The minimum Gasteiger partial charge on any atom is -0.387 e. The average Bonchev–Trinajstić information content (AvgIpc) is 2.60. The molecule has 4 nitrogen and oxygen atoms in total. The Morgan fingerprint density at radius 3 is 3.08 bits per heavy atom. The van der Waals surface area contributed by atoms with Gasteiger partial charge in [-0.3, -0.25) is 0 Å². The van der Waals surface area contributed by atoms with Gasteiger partial charge in [-0.15, -0.1) is 0 Å². The van der Waals surface area contributed by atoms with Gasteiger partial charge >= 0.3 is 0 Å². The summed E-state index contributed by atoms with van der Waals surface area (Å²) in [6.45, 7) is 3.46. The van der Waals surface area contributed by atoms with E-state index in [2.05, 4.69) is 22.1 Å². The number of nitrogens with one attached hydrogen (secondary N) is 1. The molecule has 1 N–H and O–H groups in total. The van der Waals surface area contributed by atoms with Crippen LogP contribution in [0.15, 0.2) is 29.6 Å². The first-order chi connectivity index (χ1) is 6.36. The molecule has 0 atom stereocenters. The Labute approximate surface area is 75.9 Å². The van der Waals surface area contributed by atoms with Crippen LogP contribution >= 0.6 is 0 Å². The number of pyridine rings is 1. The van der Waals surface area contributed by atoms with Crippen LogP contribution in [-0.4, -0.2) is 23.4 Å². The van der Waals surface area contributed by atoms with Crippen LogP contribution in [0.3, 0.4) is 0 Å². The number of fused-ring (bicyclic) bond motifs is 1. The van der Waals surface area contributed by atoms with Gasteiger partial charge in [-0.1, -0.05) is 0 Å². The molecule has 0 aliphatic rings. The maximum atomic E-state index is 4.21. The van der Waals surface area contributed by atoms with Gasteiger partial charge in [-0.05, 0) is 12.1 Å². The molecule has 0 saturated carbocycles. The average molecular weight is 174 g/mol. The summed E-state index contributed by atoms with van der Waals surface area (Å²) in [5, 5.41) is 7.96. The molecule has 0 aromatic carbocycles. The van der Waals surface area contributed by atoms with Crippen molar-refractivity contribution in [2.75, 3.05) is 12.4 Å². The van der Waals surface area contributed by atoms with E-state index in [0.29, 0.717) is 0 Å². The maximum Gasteiger partial charge on any atom is 0.162 e. The number of hydrogen-bond acceptors (Lipinski definition) is 3. The molecule has 2 heterocycles. The Morgan fingerprint density at radius 2 is 2.38 bits per heavy atom. The van der Waals surface area contributed by atoms with Crippen LogP contribution in [0.2, 0.25) is 0 Å². The first kappa shape index (κ1) is 7.79. The third kappa shape index (κ3) is 1.07. The molecule has 0 saturated heterocycles. The lowest BCUT2D eigenvalue weighted by atomic mass is 10.3. The summed E-state index contributed by atoms with van der Waals surface area (Å²) in [6.07, 6.45) is 3.58. The van der Waals surface area contributed by atoms with Crippen molar-refractivity contribution in [3.63, 3.8) is 0 Å². The first-order valence-corrected chi connectivity index (χ1v) is 3.97. The zero-order valence-corrected chi connectivity index (χ0v) is 7.36. The van der Waals surface area contributed by atoms with E-state index in [1.54, 1.807) is 10.9 Å². The highest BCUT2D eigenvalue weighted by Gasteiger charge is 2.03. The lowest BCUT2D eigenvalue weighted by Gasteiger charge is -2.00. The van der Waals surface area contributed by atoms with Crippen LogP contribution in [0.25, 0.3) is 11.0 Å². The second kappa shape index (κ2) is 2.90. The van der Waals surface area contributed by atoms with E-state index in [1.807, 2.05) is 25.4 Å². The molecule has 2 aromatic rings. The Balaban J connectivity index is 2.79. The van der Waals surface area contributed by atoms with Crippen molar-refractivity contribution in [1.29, 1.82) is 0 Å². The summed E-state index contributed by atoms with van der Waals surface area (Å²) >= 11 is 0. The van der Waals surface area contributed by atoms with Crippen molar-refractivity contribution in [2.45, 2.75) is 0 Å². The van der Waals surface area contributed by atoms with E-state index >= 15 is 0 Å². The highest BCUT2D eigenvalue weighted by atomic mass is 15.3. The Bertz CT molecular complexity index is 444. The summed E-state index contributed by atoms with van der Waals surface area (Å²) in [5.41, 5.74) is 1.87. The fourth-order valence-electron chi connectivity index (χ4n) is 1.36. The van der Waals surface area contributed by atoms with Gasteiger partial charge < -0.3 is 5.32 Å². The van der Waals surface area contributed by atoms with Crippen molar-refractivity contribution in [2.24, 2.45) is 5.10 Å². The smallest absolute Gasteiger partial charge is 0.162 e. The third-order valence-electron chi connectivity index (χ3n) is 1.99. The second-order valence-corrected chi connectivity index (χ2v) is 2.65. The number of hydrogen-bond donors (Lipinski definition) is 1. The van der Waals surface area contributed by atoms with Crippen LogP contribution in [0.1, 0.15) is 0 Å². The van der Waals surface area contributed by atoms with Crippen molar-refractivity contribution in [1.82, 2.24) is 9.66 Å². The standard InChI is InChI=1S/C9H10N4/c1-10-8-3-5-12-9-7(8)4-6-13(9)11-2/h3-6H,2H2,1H3,(H,10,12). The topological polar surface area (TPSA) is 42.2 Å². The highest BCUT2D eigenvalue weighted by molar-refractivity contribution is 5.89. The summed E-state index contributed by atoms with van der Waals surface area (Å²) < 4.78 is 1.65. The molecule has 0 amide bonds. The van der Waals surface area contributed by atoms with Crippen molar-refractivity contribution in [3.8, 4) is 0 Å². The molecule has 0 fully saturated rings. The predicted molar refractivity (Wildman–Crippen MR) is 54.2 cm³/mol. The SMILES string of the molecule is C=Nn1ccc2c(NC)ccnc21. The third-order valence-corrected chi connectivity index (χ3v) is 1.99. The lowest BCUT2D eigenvalue weighted by Crippen LogP contribution is -1.91. The normalized spacial score (nSPS) is 10.2. The largest absolute Gasteiger partial charge is 0.387 e. The van der Waals surface area contributed by atoms with Crippen molar-refractivity contribution < 1.29 is 0 Å². The second-order valence-electron chi connectivity index (χ2n) is 2.65. The van der Waals surface area contributed by atoms with E-state index in [0.717, 1.165) is 16.7 Å². The van der Waals surface area contributed by atoms with Crippen LogP contribution in [0.5, 0.6) is 0 Å². The van der Waals surface area contributed by atoms with Gasteiger partial charge in [0.25, 0.3) is 0 Å². The summed E-state index contributed by atoms with van der Waals surface area (Å²) in [5.74, 6) is 0. The van der Waals surface area contributed by atoms with Gasteiger partial charge in [0.15, 0.2) is 5.65 Å². The fourth-order valence-corrected chi connectivity index (χ4v) is 1.36. The Morgan fingerprint density at radius 1 is 1.54 bits per heavy atom. The van der Waals surface area contributed by atoms with Gasteiger partial charge in [0.2, 0.25) is 0 Å². The molecule has 4 heteroatoms. The predicted octanol–water partition coefficient (Wildman–Crippen LogP) is 1.54. The number of anilines is 1. The molecule has 0 aliphatic heterocycles. The quantitative estimate of drug-likeness (QED) is 0.702. The Kier molecular flexibility index (Phi) is 1.73. The molecule has 13 heavy (non-hydrogen) atoms. The molecule has 2 rings (SSSR count). The summed E-state index contributed by atoms with van der Waals surface area (Å²) in [4.78, 5) is 4.21. The molecule has 2 aromatic heterocycles. The molecule has 0 bridgehead atoms. The van der Waals surface area contributed by atoms with Crippen LogP contribution < -0.4 is 5.32 Å². The number of rotatable bonds is 2. The van der Waals surface area contributed by atoms with Crippen LogP contribution in [-0.2, 0) is 0 Å². The highest BCUT2D eigenvalue weighted by Crippen LogP contribution is 2.21. The molecule has 66 valence electrons. The zero-order valence-electron chi connectivity index (χ0n) is 7.36. The molecule has 0 spiro atoms. The van der Waals surface area contributed by atoms with Crippen molar-refractivity contribution >= 4 is 23.4 Å². The number of aromatic nitrogens is 2. The van der Waals surface area contributed by atoms with Gasteiger partial charge in [-0.2, -0.15) is 5.10 Å². The summed E-state index contributed by atoms with van der Waals surface area (Å²) in [6, 6.07) is 3.89. The van der Waals surface area contributed by atoms with Gasteiger partial charge in [0.1, 0.15) is 0 Å². The van der Waals surface area contributed by atoms with Crippen molar-refractivity contribution in [3.05, 3.63) is 24.5 Å². The van der Waals surface area contributed by atoms with E-state index in [1.165, 1.54) is 0 Å². The summed E-state index contributed by atoms with van der Waals surface area (Å²) in [7, 11) is 1.88. The fraction of sp³-hybridized carbons (Fsp3) is 0.111. The first-order valence-electron chi connectivity index (χ1n) is 3.97. The minimum absolute atomic E-state index is 0.821. The molecule has 0 radical (unpaired) electrons. The Hall–Kier alpha value is -1.84. The van der Waals surface area contributed by atoms with E-state index in [4.69, 9.17) is 0 Å². The van der Waals surface area contributed by atoms with Crippen LogP contribution in [0.4, 0.5) is 5.69 Å². The molecule has 0 unspecified atom stereocenters. The lowest BCUT2D eigenvalue weighted by molar-refractivity contribution is 0.920. The van der Waals surface area contributed by atoms with Gasteiger partial charge in [0, 0.05) is 37.2 Å². The minimum atomic E-state index is 0.821. The molecule has 0 aliphatic carbocycles.